The van der Waals surface area contributed by atoms with Crippen molar-refractivity contribution in [2.75, 3.05) is 72.7 Å². The number of rotatable bonds is 14. The van der Waals surface area contributed by atoms with Crippen LogP contribution in [0.15, 0.2) is 53.6 Å². The molecule has 4 aliphatic rings. The average molecular weight is 836 g/mol. The zero-order chi connectivity index (χ0) is 43.1. The van der Waals surface area contributed by atoms with Gasteiger partial charge in [0.2, 0.25) is 17.7 Å². The maximum absolute atomic E-state index is 13.2. The molecule has 2 aromatic heterocycles. The Morgan fingerprint density at radius 1 is 0.885 bits per heavy atom. The van der Waals surface area contributed by atoms with E-state index in [0.29, 0.717) is 54.2 Å². The minimum atomic E-state index is -1.04. The number of aryl methyl sites for hydroxylation is 1. The summed E-state index contributed by atoms with van der Waals surface area (Å²) < 4.78 is 25.0. The molecule has 0 spiro atoms. The van der Waals surface area contributed by atoms with Crippen molar-refractivity contribution in [2.24, 2.45) is 13.0 Å². The third-order valence-electron chi connectivity index (χ3n) is 12.1. The third kappa shape index (κ3) is 7.90. The highest BCUT2D eigenvalue weighted by Crippen LogP contribution is 2.41. The van der Waals surface area contributed by atoms with Crippen molar-refractivity contribution in [1.82, 2.24) is 29.6 Å². The fourth-order valence-corrected chi connectivity index (χ4v) is 8.89. The number of piperidine rings is 2. The first-order valence-electron chi connectivity index (χ1n) is 20.4. The van der Waals surface area contributed by atoms with Gasteiger partial charge in [-0.15, -0.1) is 0 Å². The molecular weight excluding hydrogens is 787 g/mol. The highest BCUT2D eigenvalue weighted by molar-refractivity contribution is 6.23. The van der Waals surface area contributed by atoms with Crippen LogP contribution in [0.2, 0.25) is 0 Å². The number of fused-ring (bicyclic) bond motifs is 3. The molecule has 17 heteroatoms. The molecule has 320 valence electrons. The summed E-state index contributed by atoms with van der Waals surface area (Å²) in [5.74, 6) is 0.599. The Hall–Kier alpha value is -6.33. The van der Waals surface area contributed by atoms with Gasteiger partial charge in [-0.2, -0.15) is 0 Å². The van der Waals surface area contributed by atoms with Crippen molar-refractivity contribution in [3.05, 3.63) is 75.8 Å². The largest absolute Gasteiger partial charge is 0.496 e. The summed E-state index contributed by atoms with van der Waals surface area (Å²) >= 11 is 0. The molecule has 0 aliphatic carbocycles. The van der Waals surface area contributed by atoms with Gasteiger partial charge in [-0.3, -0.25) is 43.9 Å². The lowest BCUT2D eigenvalue weighted by Gasteiger charge is -2.53. The third-order valence-corrected chi connectivity index (χ3v) is 12.1. The standard InChI is InChI=1S/C44H49N7O10/c1-47(2)38-19-29-31(20-45-38)42(55)48(3)23-32(29)25-16-36(58-4)33(37(17-25)59-5)24-50-22-26-21-49(12-10-34(26)50)40(53)11-13-60-14-15-61-27-6-7-28-30(18-27)44(57)51(43(28)56)35-8-9-39(52)46-41(35)54/h6-7,16-20,23,26,34-35H,8-15,21-22,24H2,1-5H3,(H,46,52,54). The van der Waals surface area contributed by atoms with Crippen LogP contribution in [0.1, 0.15) is 52.0 Å². The molecule has 61 heavy (non-hydrogen) atoms. The van der Waals surface area contributed by atoms with Gasteiger partial charge in [0, 0.05) is 89.0 Å². The Kier molecular flexibility index (Phi) is 11.5. The molecule has 5 amide bonds. The van der Waals surface area contributed by atoms with Crippen molar-refractivity contribution in [3.63, 3.8) is 0 Å². The number of carbonyl (C=O) groups is 5. The number of ether oxygens (including phenoxy) is 4. The van der Waals surface area contributed by atoms with Crippen LogP contribution < -0.4 is 30.0 Å². The second-order valence-corrected chi connectivity index (χ2v) is 16.1. The van der Waals surface area contributed by atoms with Gasteiger partial charge in [-0.1, -0.05) is 0 Å². The summed E-state index contributed by atoms with van der Waals surface area (Å²) in [6, 6.07) is 9.75. The van der Waals surface area contributed by atoms with E-state index in [9.17, 15) is 28.8 Å². The van der Waals surface area contributed by atoms with Crippen LogP contribution in [0.25, 0.3) is 21.9 Å². The molecule has 3 saturated heterocycles. The lowest BCUT2D eigenvalue weighted by Crippen LogP contribution is -2.63. The first-order chi connectivity index (χ1) is 29.4. The second kappa shape index (κ2) is 17.0. The Morgan fingerprint density at radius 2 is 1.64 bits per heavy atom. The summed E-state index contributed by atoms with van der Waals surface area (Å²) in [4.78, 5) is 87.7. The van der Waals surface area contributed by atoms with Crippen LogP contribution in [-0.4, -0.2) is 134 Å². The van der Waals surface area contributed by atoms with Gasteiger partial charge in [0.25, 0.3) is 17.4 Å². The van der Waals surface area contributed by atoms with Crippen LogP contribution in [-0.2, 0) is 32.7 Å². The Bertz CT molecular complexity index is 2480. The van der Waals surface area contributed by atoms with Crippen molar-refractivity contribution in [3.8, 4) is 28.4 Å². The molecule has 2 aromatic carbocycles. The van der Waals surface area contributed by atoms with E-state index in [1.807, 2.05) is 48.3 Å². The molecule has 0 radical (unpaired) electrons. The summed E-state index contributed by atoms with van der Waals surface area (Å²) in [5.41, 5.74) is 2.84. The molecule has 0 bridgehead atoms. The molecule has 8 rings (SSSR count). The molecule has 6 heterocycles. The van der Waals surface area contributed by atoms with Gasteiger partial charge in [-0.05, 0) is 54.8 Å². The Morgan fingerprint density at radius 3 is 2.34 bits per heavy atom. The van der Waals surface area contributed by atoms with Crippen molar-refractivity contribution in [2.45, 2.75) is 44.3 Å². The number of hydrogen-bond acceptors (Lipinski definition) is 13. The van der Waals surface area contributed by atoms with Crippen LogP contribution in [0.3, 0.4) is 0 Å². The van der Waals surface area contributed by atoms with Crippen LogP contribution in [0, 0.1) is 5.92 Å². The summed E-state index contributed by atoms with van der Waals surface area (Å²) in [6.07, 6.45) is 4.68. The van der Waals surface area contributed by atoms with E-state index in [-0.39, 0.29) is 61.7 Å². The molecule has 1 N–H and O–H groups in total. The van der Waals surface area contributed by atoms with E-state index in [1.165, 1.54) is 12.1 Å². The molecule has 4 aromatic rings. The number of pyridine rings is 2. The molecule has 4 aliphatic heterocycles. The quantitative estimate of drug-likeness (QED) is 0.145. The smallest absolute Gasteiger partial charge is 0.262 e. The number of anilines is 1. The lowest BCUT2D eigenvalue weighted by atomic mass is 9.82. The van der Waals surface area contributed by atoms with Gasteiger partial charge in [0.15, 0.2) is 0 Å². The van der Waals surface area contributed by atoms with Crippen molar-refractivity contribution in [1.29, 1.82) is 0 Å². The first kappa shape index (κ1) is 41.4. The zero-order valence-electron chi connectivity index (χ0n) is 34.9. The van der Waals surface area contributed by atoms with Gasteiger partial charge < -0.3 is 33.3 Å². The number of methoxy groups -OCH3 is 2. The number of aromatic nitrogens is 2. The maximum Gasteiger partial charge on any atom is 0.262 e. The SMILES string of the molecule is COc1cc(-c2cn(C)c(=O)c3cnc(N(C)C)cc23)cc(OC)c1CN1CC2CN(C(=O)CCOCCOc3ccc4c(c3)C(=O)N(C3CCC(=O)NC3=O)C4=O)CCC21. The highest BCUT2D eigenvalue weighted by atomic mass is 16.5. The molecule has 3 atom stereocenters. The van der Waals surface area contributed by atoms with Crippen LogP contribution >= 0.6 is 0 Å². The van der Waals surface area contributed by atoms with Crippen molar-refractivity contribution >= 4 is 46.1 Å². The first-order valence-corrected chi connectivity index (χ1v) is 20.4. The zero-order valence-corrected chi connectivity index (χ0v) is 34.9. The highest BCUT2D eigenvalue weighted by Gasteiger charge is 2.45. The minimum absolute atomic E-state index is 0.0403. The number of carbonyl (C=O) groups excluding carboxylic acids is 5. The van der Waals surface area contributed by atoms with E-state index in [0.717, 1.165) is 45.8 Å². The number of benzene rings is 2. The number of nitrogens with zero attached hydrogens (tertiary/aromatic N) is 6. The summed E-state index contributed by atoms with van der Waals surface area (Å²) in [5, 5.41) is 3.51. The normalized spacial score (nSPS) is 20.0. The number of nitrogens with one attached hydrogen (secondary N) is 1. The maximum atomic E-state index is 13.2. The van der Waals surface area contributed by atoms with Gasteiger partial charge in [-0.25, -0.2) is 4.98 Å². The Labute approximate surface area is 352 Å². The number of amides is 5. The van der Waals surface area contributed by atoms with E-state index >= 15 is 0 Å². The number of imide groups is 2. The summed E-state index contributed by atoms with van der Waals surface area (Å²) in [6.45, 7) is 3.39. The van der Waals surface area contributed by atoms with E-state index in [2.05, 4.69) is 15.2 Å². The predicted molar refractivity (Wildman–Crippen MR) is 223 cm³/mol. The van der Waals surface area contributed by atoms with Crippen LogP contribution in [0.4, 0.5) is 5.82 Å². The van der Waals surface area contributed by atoms with Crippen molar-refractivity contribution < 1.29 is 42.9 Å². The lowest BCUT2D eigenvalue weighted by molar-refractivity contribution is -0.140. The predicted octanol–water partition coefficient (Wildman–Crippen LogP) is 2.60. The molecule has 0 saturated carbocycles. The fourth-order valence-electron chi connectivity index (χ4n) is 8.89. The number of likely N-dealkylation sites (tertiary alicyclic amines) is 2. The minimum Gasteiger partial charge on any atom is -0.496 e. The van der Waals surface area contributed by atoms with Gasteiger partial charge >= 0.3 is 0 Å². The van der Waals surface area contributed by atoms with Crippen LogP contribution in [0.5, 0.6) is 17.2 Å². The van der Waals surface area contributed by atoms with Gasteiger partial charge in [0.05, 0.1) is 55.9 Å². The van der Waals surface area contributed by atoms with Gasteiger partial charge in [0.1, 0.15) is 35.7 Å². The van der Waals surface area contributed by atoms with E-state index in [4.69, 9.17) is 18.9 Å². The second-order valence-electron chi connectivity index (χ2n) is 16.1. The van der Waals surface area contributed by atoms with E-state index in [1.54, 1.807) is 38.1 Å². The average Bonchev–Trinajstić information content (AvgIpc) is 3.49. The molecule has 17 nitrogen and oxygen atoms in total. The topological polar surface area (TPSA) is 182 Å². The molecule has 3 fully saturated rings. The summed E-state index contributed by atoms with van der Waals surface area (Å²) in [7, 11) is 8.86. The fraction of sp³-hybridized carbons (Fsp3) is 0.432. The van der Waals surface area contributed by atoms with E-state index < -0.39 is 29.7 Å². The molecule has 3 unspecified atom stereocenters. The number of hydrogen-bond donors (Lipinski definition) is 1. The Balaban J connectivity index is 0.810. The monoisotopic (exact) mass is 835 g/mol. The molecular formula is C44H49N7O10.